The van der Waals surface area contributed by atoms with Crippen LogP contribution in [0, 0.1) is 6.92 Å². The van der Waals surface area contributed by atoms with E-state index in [1.807, 2.05) is 37.3 Å². The van der Waals surface area contributed by atoms with Crippen molar-refractivity contribution in [2.45, 2.75) is 6.92 Å². The van der Waals surface area contributed by atoms with E-state index in [-0.39, 0.29) is 0 Å². The Morgan fingerprint density at radius 2 is 1.92 bits per heavy atom. The van der Waals surface area contributed by atoms with E-state index in [2.05, 4.69) is 15.4 Å². The van der Waals surface area contributed by atoms with E-state index >= 15 is 0 Å². The second kappa shape index (κ2) is 2.77. The third-order valence-electron chi connectivity index (χ3n) is 1.77. The first-order valence-electron chi connectivity index (χ1n) is 3.81. The van der Waals surface area contributed by atoms with Crippen LogP contribution in [0.5, 0.6) is 0 Å². The van der Waals surface area contributed by atoms with Gasteiger partial charge in [0.25, 0.3) is 0 Å². The van der Waals surface area contributed by atoms with Crippen LogP contribution in [0.3, 0.4) is 0 Å². The van der Waals surface area contributed by atoms with E-state index in [1.165, 1.54) is 0 Å². The first-order valence-corrected chi connectivity index (χ1v) is 3.81. The highest BCUT2D eigenvalue weighted by molar-refractivity contribution is 5.60. The van der Waals surface area contributed by atoms with Gasteiger partial charge < -0.3 is 0 Å². The number of rotatable bonds is 1. The maximum absolute atomic E-state index is 3.98. The highest BCUT2D eigenvalue weighted by Crippen LogP contribution is 2.17. The molecule has 0 unspecified atom stereocenters. The fourth-order valence-electron chi connectivity index (χ4n) is 1.15. The molecular weight excluding hydrogens is 150 g/mol. The Kier molecular flexibility index (Phi) is 1.63. The fraction of sp³-hybridized carbons (Fsp3) is 0.111. The van der Waals surface area contributed by atoms with E-state index in [1.54, 1.807) is 0 Å². The van der Waals surface area contributed by atoms with E-state index in [9.17, 15) is 0 Å². The lowest BCUT2D eigenvalue weighted by Crippen LogP contribution is -1.79. The lowest BCUT2D eigenvalue weighted by molar-refractivity contribution is 0.929. The van der Waals surface area contributed by atoms with Gasteiger partial charge in [0.05, 0.1) is 5.69 Å². The van der Waals surface area contributed by atoms with Crippen LogP contribution >= 0.6 is 0 Å². The smallest absolute Gasteiger partial charge is 0.115 e. The van der Waals surface area contributed by atoms with Crippen molar-refractivity contribution in [2.24, 2.45) is 0 Å². The molecule has 0 saturated heterocycles. The third kappa shape index (κ3) is 1.09. The first kappa shape index (κ1) is 7.03. The Morgan fingerprint density at radius 1 is 1.17 bits per heavy atom. The number of nitrogens with zero attached hydrogens (tertiary/aromatic N) is 2. The van der Waals surface area contributed by atoms with Crippen molar-refractivity contribution in [3.8, 4) is 11.3 Å². The lowest BCUT2D eigenvalue weighted by atomic mass is 10.1. The molecule has 2 rings (SSSR count). The molecule has 0 aliphatic carbocycles. The van der Waals surface area contributed by atoms with E-state index in [0.29, 0.717) is 0 Å². The van der Waals surface area contributed by atoms with Crippen molar-refractivity contribution < 1.29 is 0 Å². The highest BCUT2D eigenvalue weighted by atomic mass is 15.3. The Hall–Kier alpha value is -1.64. The molecule has 3 nitrogen and oxygen atoms in total. The molecule has 12 heavy (non-hydrogen) atoms. The SMILES string of the molecule is Cc1[nH]nnc1-c1ccccc1. The lowest BCUT2D eigenvalue weighted by Gasteiger charge is -1.94. The quantitative estimate of drug-likeness (QED) is 0.689. The van der Waals surface area contributed by atoms with Gasteiger partial charge in [-0.05, 0) is 6.92 Å². The molecular formula is C9H9N3. The van der Waals surface area contributed by atoms with Crippen LogP contribution in [0.2, 0.25) is 0 Å². The summed E-state index contributed by atoms with van der Waals surface area (Å²) in [7, 11) is 0. The summed E-state index contributed by atoms with van der Waals surface area (Å²) in [5.41, 5.74) is 3.03. The van der Waals surface area contributed by atoms with Crippen LogP contribution in [0.1, 0.15) is 5.69 Å². The van der Waals surface area contributed by atoms with Crippen molar-refractivity contribution in [1.82, 2.24) is 15.4 Å². The van der Waals surface area contributed by atoms with Gasteiger partial charge in [-0.1, -0.05) is 35.5 Å². The minimum atomic E-state index is 0.926. The summed E-state index contributed by atoms with van der Waals surface area (Å²) in [5, 5.41) is 10.5. The number of hydrogen-bond acceptors (Lipinski definition) is 2. The number of nitrogens with one attached hydrogen (secondary N) is 1. The second-order valence-corrected chi connectivity index (χ2v) is 2.65. The van der Waals surface area contributed by atoms with Crippen LogP contribution in [0.15, 0.2) is 30.3 Å². The Morgan fingerprint density at radius 3 is 2.50 bits per heavy atom. The molecule has 60 valence electrons. The van der Waals surface area contributed by atoms with Crippen LogP contribution in [-0.4, -0.2) is 15.4 Å². The zero-order chi connectivity index (χ0) is 8.39. The number of aromatic nitrogens is 3. The van der Waals surface area contributed by atoms with Crippen molar-refractivity contribution in [2.75, 3.05) is 0 Å². The molecule has 0 atom stereocenters. The number of benzene rings is 1. The van der Waals surface area contributed by atoms with E-state index in [4.69, 9.17) is 0 Å². The standard InChI is InChI=1S/C9H9N3/c1-7-9(11-12-10-7)8-5-3-2-4-6-8/h2-6H,1H3,(H,10,11,12). The predicted molar refractivity (Wildman–Crippen MR) is 46.6 cm³/mol. The summed E-state index contributed by atoms with van der Waals surface area (Å²) in [4.78, 5) is 0. The van der Waals surface area contributed by atoms with Gasteiger partial charge in [0, 0.05) is 5.56 Å². The third-order valence-corrected chi connectivity index (χ3v) is 1.77. The Labute approximate surface area is 70.4 Å². The molecule has 0 bridgehead atoms. The zero-order valence-corrected chi connectivity index (χ0v) is 6.78. The fourth-order valence-corrected chi connectivity index (χ4v) is 1.15. The summed E-state index contributed by atoms with van der Waals surface area (Å²) >= 11 is 0. The molecule has 1 heterocycles. The number of aryl methyl sites for hydroxylation is 1. The highest BCUT2D eigenvalue weighted by Gasteiger charge is 2.03. The topological polar surface area (TPSA) is 41.6 Å². The van der Waals surface area contributed by atoms with Gasteiger partial charge in [0.2, 0.25) is 0 Å². The van der Waals surface area contributed by atoms with Crippen LogP contribution in [0.25, 0.3) is 11.3 Å². The van der Waals surface area contributed by atoms with Gasteiger partial charge in [0.15, 0.2) is 0 Å². The summed E-state index contributed by atoms with van der Waals surface area (Å²) in [5.74, 6) is 0. The minimum Gasteiger partial charge on any atom is -0.262 e. The molecule has 2 aromatic rings. The maximum Gasteiger partial charge on any atom is 0.115 e. The normalized spacial score (nSPS) is 10.1. The van der Waals surface area contributed by atoms with Gasteiger partial charge in [-0.15, -0.1) is 5.10 Å². The molecule has 0 amide bonds. The van der Waals surface area contributed by atoms with Gasteiger partial charge in [-0.3, -0.25) is 5.10 Å². The van der Waals surface area contributed by atoms with Crippen molar-refractivity contribution >= 4 is 0 Å². The van der Waals surface area contributed by atoms with Gasteiger partial charge in [-0.25, -0.2) is 0 Å². The van der Waals surface area contributed by atoms with E-state index in [0.717, 1.165) is 17.0 Å². The number of H-pyrrole nitrogens is 1. The summed E-state index contributed by atoms with van der Waals surface area (Å²) in [6, 6.07) is 10.0. The average Bonchev–Trinajstić information content (AvgIpc) is 2.53. The Bertz CT molecular complexity index is 364. The average molecular weight is 159 g/mol. The van der Waals surface area contributed by atoms with Crippen molar-refractivity contribution in [3.05, 3.63) is 36.0 Å². The van der Waals surface area contributed by atoms with E-state index < -0.39 is 0 Å². The summed E-state index contributed by atoms with van der Waals surface area (Å²) < 4.78 is 0. The van der Waals surface area contributed by atoms with Crippen molar-refractivity contribution in [1.29, 1.82) is 0 Å². The molecule has 0 saturated carbocycles. The minimum absolute atomic E-state index is 0.926. The largest absolute Gasteiger partial charge is 0.262 e. The number of aromatic amines is 1. The predicted octanol–water partition coefficient (Wildman–Crippen LogP) is 1.78. The first-order chi connectivity index (χ1) is 5.88. The molecule has 1 aromatic carbocycles. The van der Waals surface area contributed by atoms with Crippen LogP contribution in [-0.2, 0) is 0 Å². The van der Waals surface area contributed by atoms with Crippen LogP contribution < -0.4 is 0 Å². The number of hydrogen-bond donors (Lipinski definition) is 1. The van der Waals surface area contributed by atoms with Gasteiger partial charge in [0.1, 0.15) is 5.69 Å². The molecule has 1 N–H and O–H groups in total. The molecule has 1 aromatic heterocycles. The molecule has 0 radical (unpaired) electrons. The molecule has 0 aliphatic heterocycles. The second-order valence-electron chi connectivity index (χ2n) is 2.65. The summed E-state index contributed by atoms with van der Waals surface area (Å²) in [6.45, 7) is 1.96. The van der Waals surface area contributed by atoms with Crippen LogP contribution in [0.4, 0.5) is 0 Å². The monoisotopic (exact) mass is 159 g/mol. The van der Waals surface area contributed by atoms with Gasteiger partial charge in [-0.2, -0.15) is 0 Å². The zero-order valence-electron chi connectivity index (χ0n) is 6.78. The summed E-state index contributed by atoms with van der Waals surface area (Å²) in [6.07, 6.45) is 0. The molecule has 0 aliphatic rings. The van der Waals surface area contributed by atoms with Crippen molar-refractivity contribution in [3.63, 3.8) is 0 Å². The molecule has 0 spiro atoms. The maximum atomic E-state index is 3.98. The van der Waals surface area contributed by atoms with Gasteiger partial charge >= 0.3 is 0 Å². The Balaban J connectivity index is 2.51. The molecule has 3 heteroatoms. The molecule has 0 fully saturated rings.